The van der Waals surface area contributed by atoms with Crippen molar-refractivity contribution < 1.29 is 14.7 Å². The summed E-state index contributed by atoms with van der Waals surface area (Å²) in [6.07, 6.45) is 9.27. The lowest BCUT2D eigenvalue weighted by atomic mass is 9.48. The number of hydrogen-bond acceptors (Lipinski definition) is 4. The predicted octanol–water partition coefficient (Wildman–Crippen LogP) is 3.20. The number of carbonyl (C=O) groups is 2. The van der Waals surface area contributed by atoms with Crippen molar-refractivity contribution in [3.63, 3.8) is 0 Å². The number of nitrogens with zero attached hydrogens (tertiary/aromatic N) is 1. The molecule has 0 aliphatic heterocycles. The van der Waals surface area contributed by atoms with Gasteiger partial charge in [-0.3, -0.25) is 4.79 Å². The number of carboxylic acids is 1. The molecule has 4 fully saturated rings. The van der Waals surface area contributed by atoms with Crippen molar-refractivity contribution in [1.82, 2.24) is 10.6 Å². The van der Waals surface area contributed by atoms with Gasteiger partial charge in [-0.2, -0.15) is 5.26 Å². The zero-order chi connectivity index (χ0) is 20.5. The summed E-state index contributed by atoms with van der Waals surface area (Å²) in [5, 5.41) is 24.5. The first-order valence-electron chi connectivity index (χ1n) is 10.6. The standard InChI is InChI=1S/C22H33N3O3/c1-13(2)4-19(21(27)28)24-12-18(11-23)20(26)25-14(3)22-8-15-5-16(9-22)7-17(6-15)10-22/h12-17,19,24H,4-10H2,1-3H3,(H,25,26)(H,27,28)/b18-12-. The van der Waals surface area contributed by atoms with E-state index in [0.717, 1.165) is 17.8 Å². The van der Waals surface area contributed by atoms with Crippen molar-refractivity contribution in [2.45, 2.75) is 77.8 Å². The van der Waals surface area contributed by atoms with Gasteiger partial charge in [-0.25, -0.2) is 4.79 Å². The normalized spacial score (nSPS) is 33.2. The molecule has 0 aromatic rings. The Morgan fingerprint density at radius 2 is 1.68 bits per heavy atom. The molecule has 154 valence electrons. The summed E-state index contributed by atoms with van der Waals surface area (Å²) in [5.41, 5.74) is 0.103. The van der Waals surface area contributed by atoms with Gasteiger partial charge in [0.15, 0.2) is 0 Å². The molecule has 0 aromatic carbocycles. The van der Waals surface area contributed by atoms with Crippen molar-refractivity contribution in [2.24, 2.45) is 29.1 Å². The van der Waals surface area contributed by atoms with E-state index in [2.05, 4.69) is 17.6 Å². The third-order valence-corrected chi connectivity index (χ3v) is 7.15. The molecular weight excluding hydrogens is 354 g/mol. The first-order valence-corrected chi connectivity index (χ1v) is 10.6. The van der Waals surface area contributed by atoms with Crippen LogP contribution in [0.1, 0.15) is 65.7 Å². The number of amides is 1. The first kappa shape index (κ1) is 20.7. The molecule has 1 amide bonds. The van der Waals surface area contributed by atoms with E-state index in [0.29, 0.717) is 6.42 Å². The summed E-state index contributed by atoms with van der Waals surface area (Å²) in [5.74, 6) is 1.19. The second kappa shape index (κ2) is 8.14. The highest BCUT2D eigenvalue weighted by atomic mass is 16.4. The Bertz CT molecular complexity index is 656. The highest BCUT2D eigenvalue weighted by Crippen LogP contribution is 2.61. The lowest BCUT2D eigenvalue weighted by Crippen LogP contribution is -2.56. The van der Waals surface area contributed by atoms with E-state index in [4.69, 9.17) is 0 Å². The van der Waals surface area contributed by atoms with E-state index in [-0.39, 0.29) is 22.9 Å². The molecular formula is C22H33N3O3. The average molecular weight is 388 g/mol. The lowest BCUT2D eigenvalue weighted by molar-refractivity contribution is -0.139. The molecule has 6 heteroatoms. The molecule has 28 heavy (non-hydrogen) atoms. The van der Waals surface area contributed by atoms with E-state index in [1.54, 1.807) is 0 Å². The van der Waals surface area contributed by atoms with Crippen LogP contribution in [0, 0.1) is 40.4 Å². The molecule has 4 aliphatic carbocycles. The molecule has 2 atom stereocenters. The summed E-state index contributed by atoms with van der Waals surface area (Å²) in [7, 11) is 0. The van der Waals surface area contributed by atoms with E-state index in [1.807, 2.05) is 19.9 Å². The number of aliphatic carboxylic acids is 1. The van der Waals surface area contributed by atoms with E-state index < -0.39 is 17.9 Å². The molecule has 0 saturated heterocycles. The molecule has 4 bridgehead atoms. The molecule has 0 spiro atoms. The minimum absolute atomic E-state index is 0.0242. The topological polar surface area (TPSA) is 102 Å². The zero-order valence-electron chi connectivity index (χ0n) is 17.2. The number of nitrogens with one attached hydrogen (secondary N) is 2. The summed E-state index contributed by atoms with van der Waals surface area (Å²) in [4.78, 5) is 24.1. The predicted molar refractivity (Wildman–Crippen MR) is 106 cm³/mol. The van der Waals surface area contributed by atoms with Crippen LogP contribution in [-0.4, -0.2) is 29.1 Å². The highest BCUT2D eigenvalue weighted by Gasteiger charge is 2.53. The van der Waals surface area contributed by atoms with Crippen molar-refractivity contribution in [3.8, 4) is 6.07 Å². The smallest absolute Gasteiger partial charge is 0.326 e. The number of carboxylic acid groups (broad SMARTS) is 1. The Balaban J connectivity index is 1.63. The molecule has 2 unspecified atom stereocenters. The maximum atomic E-state index is 12.7. The molecule has 0 heterocycles. The zero-order valence-corrected chi connectivity index (χ0v) is 17.2. The maximum Gasteiger partial charge on any atom is 0.326 e. The molecule has 3 N–H and O–H groups in total. The molecule has 4 aliphatic rings. The average Bonchev–Trinajstić information content (AvgIpc) is 2.59. The number of hydrogen-bond donors (Lipinski definition) is 3. The van der Waals surface area contributed by atoms with Crippen molar-refractivity contribution >= 4 is 11.9 Å². The fourth-order valence-electron chi connectivity index (χ4n) is 6.18. The quantitative estimate of drug-likeness (QED) is 0.438. The SMILES string of the molecule is CC(C)CC(N/C=C(/C#N)C(=O)NC(C)C12CC3CC(CC(C3)C1)C2)C(=O)O. The minimum Gasteiger partial charge on any atom is -0.480 e. The van der Waals surface area contributed by atoms with E-state index in [9.17, 15) is 20.0 Å². The summed E-state index contributed by atoms with van der Waals surface area (Å²) < 4.78 is 0. The van der Waals surface area contributed by atoms with Crippen molar-refractivity contribution in [3.05, 3.63) is 11.8 Å². The monoisotopic (exact) mass is 387 g/mol. The third-order valence-electron chi connectivity index (χ3n) is 7.15. The van der Waals surface area contributed by atoms with Gasteiger partial charge in [-0.1, -0.05) is 13.8 Å². The maximum absolute atomic E-state index is 12.7. The molecule has 4 saturated carbocycles. The van der Waals surface area contributed by atoms with Crippen LogP contribution in [0.3, 0.4) is 0 Å². The Morgan fingerprint density at radius 3 is 2.11 bits per heavy atom. The van der Waals surface area contributed by atoms with Gasteiger partial charge in [0, 0.05) is 12.2 Å². The van der Waals surface area contributed by atoms with Gasteiger partial charge >= 0.3 is 5.97 Å². The number of rotatable bonds is 8. The molecule has 6 nitrogen and oxygen atoms in total. The Morgan fingerprint density at radius 1 is 1.14 bits per heavy atom. The highest BCUT2D eigenvalue weighted by molar-refractivity contribution is 5.97. The van der Waals surface area contributed by atoms with E-state index in [1.165, 1.54) is 44.7 Å². The van der Waals surface area contributed by atoms with Crippen LogP contribution < -0.4 is 10.6 Å². The van der Waals surface area contributed by atoms with Crippen molar-refractivity contribution in [2.75, 3.05) is 0 Å². The van der Waals surface area contributed by atoms with Crippen LogP contribution in [0.25, 0.3) is 0 Å². The van der Waals surface area contributed by atoms with Crippen molar-refractivity contribution in [1.29, 1.82) is 5.26 Å². The van der Waals surface area contributed by atoms with Gasteiger partial charge in [0.25, 0.3) is 5.91 Å². The van der Waals surface area contributed by atoms with Crippen LogP contribution in [0.15, 0.2) is 11.8 Å². The van der Waals surface area contributed by atoms with Gasteiger partial charge in [0.2, 0.25) is 0 Å². The molecule has 0 radical (unpaired) electrons. The Hall–Kier alpha value is -2.03. The van der Waals surface area contributed by atoms with Gasteiger partial charge in [-0.05, 0) is 81.0 Å². The molecule has 0 aromatic heterocycles. The summed E-state index contributed by atoms with van der Waals surface area (Å²) >= 11 is 0. The van der Waals surface area contributed by atoms with Crippen LogP contribution in [0.2, 0.25) is 0 Å². The second-order valence-corrected chi connectivity index (χ2v) is 9.83. The van der Waals surface area contributed by atoms with Gasteiger partial charge in [-0.15, -0.1) is 0 Å². The Labute approximate surface area is 167 Å². The van der Waals surface area contributed by atoms with Crippen LogP contribution in [-0.2, 0) is 9.59 Å². The van der Waals surface area contributed by atoms with Crippen LogP contribution >= 0.6 is 0 Å². The second-order valence-electron chi connectivity index (χ2n) is 9.83. The lowest BCUT2D eigenvalue weighted by Gasteiger charge is -2.59. The van der Waals surface area contributed by atoms with Crippen LogP contribution in [0.5, 0.6) is 0 Å². The first-order chi connectivity index (χ1) is 13.2. The fourth-order valence-corrected chi connectivity index (χ4v) is 6.18. The Kier molecular flexibility index (Phi) is 6.02. The minimum atomic E-state index is -0.982. The molecule has 4 rings (SSSR count). The fraction of sp³-hybridized carbons (Fsp3) is 0.773. The van der Waals surface area contributed by atoms with Gasteiger partial charge in [0.1, 0.15) is 17.7 Å². The summed E-state index contributed by atoms with van der Waals surface area (Å²) in [6.45, 7) is 5.95. The number of nitriles is 1. The summed E-state index contributed by atoms with van der Waals surface area (Å²) in [6, 6.07) is 1.14. The van der Waals surface area contributed by atoms with E-state index >= 15 is 0 Å². The largest absolute Gasteiger partial charge is 0.480 e. The van der Waals surface area contributed by atoms with Crippen LogP contribution in [0.4, 0.5) is 0 Å². The third kappa shape index (κ3) is 4.34. The number of carbonyl (C=O) groups excluding carboxylic acids is 1. The van der Waals surface area contributed by atoms with Gasteiger partial charge in [0.05, 0.1) is 0 Å². The van der Waals surface area contributed by atoms with Gasteiger partial charge < -0.3 is 15.7 Å².